The number of benzene rings is 1. The number of anilines is 1. The molecule has 25 heavy (non-hydrogen) atoms. The first-order valence-electron chi connectivity index (χ1n) is 8.16. The van der Waals surface area contributed by atoms with Gasteiger partial charge in [0.25, 0.3) is 5.91 Å². The fraction of sp³-hybridized carbons (Fsp3) is 0.333. The third-order valence-electron chi connectivity index (χ3n) is 4.59. The predicted molar refractivity (Wildman–Crippen MR) is 93.3 cm³/mol. The summed E-state index contributed by atoms with van der Waals surface area (Å²) in [4.78, 5) is 26.0. The minimum atomic E-state index is -0.149. The van der Waals surface area contributed by atoms with Crippen molar-refractivity contribution in [2.24, 2.45) is 0 Å². The molecule has 1 fully saturated rings. The van der Waals surface area contributed by atoms with E-state index < -0.39 is 0 Å². The van der Waals surface area contributed by atoms with Crippen LogP contribution < -0.4 is 4.90 Å². The molecule has 1 aromatic carbocycles. The summed E-state index contributed by atoms with van der Waals surface area (Å²) in [6.07, 6.45) is 1.17. The zero-order valence-corrected chi connectivity index (χ0v) is 14.5. The maximum absolute atomic E-state index is 12.9. The normalized spacial score (nSPS) is 15.6. The number of hydrogen-bond donors (Lipinski definition) is 0. The van der Waals surface area contributed by atoms with Gasteiger partial charge in [0.1, 0.15) is 11.6 Å². The summed E-state index contributed by atoms with van der Waals surface area (Å²) in [5.74, 6) is 1.53. The lowest BCUT2D eigenvalue weighted by Crippen LogP contribution is -2.38. The SMILES string of the molecule is Cc1nc2c(c(N3CCC3)n1)CN(C(=O)c1cc(Cl)cc(C#N)c1)C2. The first-order chi connectivity index (χ1) is 12.0. The summed E-state index contributed by atoms with van der Waals surface area (Å²) >= 11 is 6.03. The first kappa shape index (κ1) is 15.9. The van der Waals surface area contributed by atoms with Gasteiger partial charge in [0.05, 0.1) is 30.4 Å². The van der Waals surface area contributed by atoms with E-state index in [0.717, 1.165) is 36.0 Å². The number of nitriles is 1. The van der Waals surface area contributed by atoms with Gasteiger partial charge in [0.15, 0.2) is 0 Å². The number of aromatic nitrogens is 2. The molecule has 0 unspecified atom stereocenters. The molecule has 2 aliphatic rings. The Morgan fingerprint density at radius 1 is 1.24 bits per heavy atom. The molecule has 6 nitrogen and oxygen atoms in total. The van der Waals surface area contributed by atoms with E-state index in [1.165, 1.54) is 6.42 Å². The van der Waals surface area contributed by atoms with Crippen molar-refractivity contribution in [3.05, 3.63) is 51.4 Å². The highest BCUT2D eigenvalue weighted by Crippen LogP contribution is 2.32. The second kappa shape index (κ2) is 6.01. The molecule has 0 spiro atoms. The van der Waals surface area contributed by atoms with Crippen LogP contribution in [0.25, 0.3) is 0 Å². The number of amides is 1. The Kier molecular flexibility index (Phi) is 3.81. The molecule has 7 heteroatoms. The Labute approximate surface area is 150 Å². The lowest BCUT2D eigenvalue weighted by atomic mass is 10.1. The Morgan fingerprint density at radius 3 is 2.72 bits per heavy atom. The number of carbonyl (C=O) groups is 1. The van der Waals surface area contributed by atoms with Crippen LogP contribution in [0, 0.1) is 18.3 Å². The number of halogens is 1. The average Bonchev–Trinajstić information content (AvgIpc) is 2.95. The molecular formula is C18H16ClN5O. The molecule has 3 heterocycles. The number of rotatable bonds is 2. The molecule has 0 radical (unpaired) electrons. The van der Waals surface area contributed by atoms with Crippen LogP contribution in [0.5, 0.6) is 0 Å². The molecule has 1 amide bonds. The van der Waals surface area contributed by atoms with Crippen molar-refractivity contribution in [2.45, 2.75) is 26.4 Å². The van der Waals surface area contributed by atoms with Crippen LogP contribution in [0.15, 0.2) is 18.2 Å². The summed E-state index contributed by atoms with van der Waals surface area (Å²) in [5, 5.41) is 9.47. The molecule has 1 aromatic heterocycles. The zero-order valence-electron chi connectivity index (χ0n) is 13.8. The maximum atomic E-state index is 12.9. The Morgan fingerprint density at radius 2 is 2.04 bits per heavy atom. The molecular weight excluding hydrogens is 338 g/mol. The minimum Gasteiger partial charge on any atom is -0.356 e. The molecule has 2 aromatic rings. The van der Waals surface area contributed by atoms with Crippen LogP contribution in [0.3, 0.4) is 0 Å². The molecule has 0 N–H and O–H groups in total. The highest BCUT2D eigenvalue weighted by atomic mass is 35.5. The van der Waals surface area contributed by atoms with Crippen molar-refractivity contribution in [3.63, 3.8) is 0 Å². The van der Waals surface area contributed by atoms with E-state index in [0.29, 0.717) is 29.2 Å². The van der Waals surface area contributed by atoms with Crippen LogP contribution in [-0.2, 0) is 13.1 Å². The molecule has 0 atom stereocenters. The number of carbonyl (C=O) groups excluding carboxylic acids is 1. The topological polar surface area (TPSA) is 73.1 Å². The van der Waals surface area contributed by atoms with Crippen molar-refractivity contribution in [2.75, 3.05) is 18.0 Å². The van der Waals surface area contributed by atoms with Gasteiger partial charge in [-0.05, 0) is 31.5 Å². The van der Waals surface area contributed by atoms with E-state index in [4.69, 9.17) is 16.9 Å². The number of nitrogens with zero attached hydrogens (tertiary/aromatic N) is 5. The third-order valence-corrected chi connectivity index (χ3v) is 4.81. The highest BCUT2D eigenvalue weighted by molar-refractivity contribution is 6.31. The van der Waals surface area contributed by atoms with Crippen molar-refractivity contribution in [1.29, 1.82) is 5.26 Å². The Balaban J connectivity index is 1.64. The number of fused-ring (bicyclic) bond motifs is 1. The second-order valence-corrected chi connectivity index (χ2v) is 6.80. The van der Waals surface area contributed by atoms with Gasteiger partial charge in [-0.15, -0.1) is 0 Å². The van der Waals surface area contributed by atoms with Gasteiger partial charge in [-0.2, -0.15) is 5.26 Å². The smallest absolute Gasteiger partial charge is 0.254 e. The van der Waals surface area contributed by atoms with Crippen molar-refractivity contribution >= 4 is 23.3 Å². The Bertz CT molecular complexity index is 916. The molecule has 2 aliphatic heterocycles. The fourth-order valence-electron chi connectivity index (χ4n) is 3.25. The number of aryl methyl sites for hydroxylation is 1. The van der Waals surface area contributed by atoms with Crippen LogP contribution in [0.4, 0.5) is 5.82 Å². The average molecular weight is 354 g/mol. The standard InChI is InChI=1S/C18H16ClN5O/c1-11-21-16-10-24(9-15(16)17(22-11)23-3-2-4-23)18(25)13-5-12(8-20)6-14(19)7-13/h5-7H,2-4,9-10H2,1H3. The zero-order chi connectivity index (χ0) is 17.6. The van der Waals surface area contributed by atoms with Crippen molar-refractivity contribution < 1.29 is 4.79 Å². The molecule has 0 aliphatic carbocycles. The Hall–Kier alpha value is -2.65. The lowest BCUT2D eigenvalue weighted by Gasteiger charge is -2.33. The van der Waals surface area contributed by atoms with Gasteiger partial charge >= 0.3 is 0 Å². The lowest BCUT2D eigenvalue weighted by molar-refractivity contribution is 0.0750. The largest absolute Gasteiger partial charge is 0.356 e. The summed E-state index contributed by atoms with van der Waals surface area (Å²) in [7, 11) is 0. The van der Waals surface area contributed by atoms with E-state index in [2.05, 4.69) is 14.9 Å². The monoisotopic (exact) mass is 353 g/mol. The van der Waals surface area contributed by atoms with Gasteiger partial charge in [-0.3, -0.25) is 4.79 Å². The maximum Gasteiger partial charge on any atom is 0.254 e. The summed E-state index contributed by atoms with van der Waals surface area (Å²) in [6, 6.07) is 6.75. The van der Waals surface area contributed by atoms with Gasteiger partial charge in [-0.25, -0.2) is 9.97 Å². The summed E-state index contributed by atoms with van der Waals surface area (Å²) in [5.41, 5.74) is 2.74. The fourth-order valence-corrected chi connectivity index (χ4v) is 3.49. The first-order valence-corrected chi connectivity index (χ1v) is 8.54. The van der Waals surface area contributed by atoms with Gasteiger partial charge in [0.2, 0.25) is 0 Å². The molecule has 1 saturated heterocycles. The summed E-state index contributed by atoms with van der Waals surface area (Å²) in [6.45, 7) is 4.80. The third kappa shape index (κ3) is 2.81. The van der Waals surface area contributed by atoms with Crippen LogP contribution >= 0.6 is 11.6 Å². The van der Waals surface area contributed by atoms with Crippen molar-refractivity contribution in [3.8, 4) is 6.07 Å². The van der Waals surface area contributed by atoms with Crippen LogP contribution in [0.1, 0.15) is 39.4 Å². The van der Waals surface area contributed by atoms with Gasteiger partial charge < -0.3 is 9.80 Å². The van der Waals surface area contributed by atoms with E-state index in [1.54, 1.807) is 23.1 Å². The highest BCUT2D eigenvalue weighted by Gasteiger charge is 2.31. The minimum absolute atomic E-state index is 0.149. The number of hydrogen-bond acceptors (Lipinski definition) is 5. The van der Waals surface area contributed by atoms with E-state index in [1.807, 2.05) is 13.0 Å². The van der Waals surface area contributed by atoms with Crippen molar-refractivity contribution in [1.82, 2.24) is 14.9 Å². The van der Waals surface area contributed by atoms with E-state index in [9.17, 15) is 4.79 Å². The van der Waals surface area contributed by atoms with Gasteiger partial charge in [0, 0.05) is 29.2 Å². The van der Waals surface area contributed by atoms with E-state index in [-0.39, 0.29) is 5.91 Å². The molecule has 0 bridgehead atoms. The van der Waals surface area contributed by atoms with Gasteiger partial charge in [-0.1, -0.05) is 11.6 Å². The quantitative estimate of drug-likeness (QED) is 0.829. The predicted octanol–water partition coefficient (Wildman–Crippen LogP) is 2.68. The molecule has 4 rings (SSSR count). The van der Waals surface area contributed by atoms with Crippen LogP contribution in [0.2, 0.25) is 5.02 Å². The van der Waals surface area contributed by atoms with Crippen LogP contribution in [-0.4, -0.2) is 33.9 Å². The molecule has 0 saturated carbocycles. The summed E-state index contributed by atoms with van der Waals surface area (Å²) < 4.78 is 0. The second-order valence-electron chi connectivity index (χ2n) is 6.36. The van der Waals surface area contributed by atoms with E-state index >= 15 is 0 Å². The molecule has 126 valence electrons.